The lowest BCUT2D eigenvalue weighted by Gasteiger charge is -2.20. The highest BCUT2D eigenvalue weighted by atomic mass is 16.5. The fourth-order valence-corrected chi connectivity index (χ4v) is 10.5. The zero-order valence-electron chi connectivity index (χ0n) is 50.5. The van der Waals surface area contributed by atoms with Gasteiger partial charge in [0.25, 0.3) is 0 Å². The molecular formula is C69H131NO5. The quantitative estimate of drug-likeness (QED) is 0.0320. The number of aliphatic hydroxyl groups is 2. The molecule has 0 aromatic heterocycles. The van der Waals surface area contributed by atoms with Crippen LogP contribution in [0.4, 0.5) is 0 Å². The van der Waals surface area contributed by atoms with E-state index >= 15 is 0 Å². The molecule has 0 rings (SSSR count). The van der Waals surface area contributed by atoms with Gasteiger partial charge in [0, 0.05) is 12.8 Å². The van der Waals surface area contributed by atoms with Gasteiger partial charge >= 0.3 is 5.97 Å². The molecular weight excluding hydrogens is 923 g/mol. The number of ether oxygens (including phenoxy) is 1. The zero-order chi connectivity index (χ0) is 54.3. The molecule has 0 bridgehead atoms. The third-order valence-corrected chi connectivity index (χ3v) is 15.7. The Balaban J connectivity index is 3.44. The summed E-state index contributed by atoms with van der Waals surface area (Å²) in [6.45, 7) is 4.88. The lowest BCUT2D eigenvalue weighted by molar-refractivity contribution is -0.143. The maximum Gasteiger partial charge on any atom is 0.305 e. The molecule has 442 valence electrons. The van der Waals surface area contributed by atoms with Crippen LogP contribution in [0.25, 0.3) is 0 Å². The second-order valence-electron chi connectivity index (χ2n) is 23.2. The number of hydrogen-bond donors (Lipinski definition) is 3. The highest BCUT2D eigenvalue weighted by Crippen LogP contribution is 2.18. The van der Waals surface area contributed by atoms with E-state index in [0.717, 1.165) is 51.4 Å². The van der Waals surface area contributed by atoms with Gasteiger partial charge in [-0.2, -0.15) is 0 Å². The summed E-state index contributed by atoms with van der Waals surface area (Å²) >= 11 is 0. The summed E-state index contributed by atoms with van der Waals surface area (Å²) in [7, 11) is 0. The summed E-state index contributed by atoms with van der Waals surface area (Å²) in [4.78, 5) is 24.6. The fraction of sp³-hybridized carbons (Fsp3) is 0.884. The Hall–Kier alpha value is -1.92. The van der Waals surface area contributed by atoms with E-state index < -0.39 is 12.1 Å². The minimum atomic E-state index is -0.849. The molecule has 0 saturated carbocycles. The predicted octanol–water partition coefficient (Wildman–Crippen LogP) is 21.5. The molecule has 0 aromatic carbocycles. The van der Waals surface area contributed by atoms with Crippen LogP contribution in [0.1, 0.15) is 367 Å². The van der Waals surface area contributed by atoms with Gasteiger partial charge in [-0.3, -0.25) is 9.59 Å². The number of unbranched alkanes of at least 4 members (excludes halogenated alkanes) is 48. The number of rotatable bonds is 63. The van der Waals surface area contributed by atoms with Gasteiger partial charge in [-0.15, -0.1) is 0 Å². The SMILES string of the molecule is CCCC/C=C\C/C=C\CCCCCCCC(=O)OCCCCCCCCCCCCCCCCCCCCCC(=O)NC(CO)C(O)/C=C/CCCCCCCCCCCCCCCCCCCCCCCCC. The van der Waals surface area contributed by atoms with E-state index in [-0.39, 0.29) is 18.5 Å². The molecule has 0 radical (unpaired) electrons. The average Bonchev–Trinajstić information content (AvgIpc) is 3.41. The average molecular weight is 1050 g/mol. The van der Waals surface area contributed by atoms with Crippen molar-refractivity contribution >= 4 is 11.9 Å². The van der Waals surface area contributed by atoms with Crippen molar-refractivity contribution in [3.8, 4) is 0 Å². The van der Waals surface area contributed by atoms with Gasteiger partial charge in [0.1, 0.15) is 0 Å². The summed E-state index contributed by atoms with van der Waals surface area (Å²) < 4.78 is 5.47. The van der Waals surface area contributed by atoms with Crippen molar-refractivity contribution in [2.75, 3.05) is 13.2 Å². The molecule has 2 unspecified atom stereocenters. The minimum Gasteiger partial charge on any atom is -0.466 e. The lowest BCUT2D eigenvalue weighted by atomic mass is 10.0. The number of esters is 1. The highest BCUT2D eigenvalue weighted by molar-refractivity contribution is 5.76. The van der Waals surface area contributed by atoms with E-state index in [1.165, 1.54) is 289 Å². The smallest absolute Gasteiger partial charge is 0.305 e. The van der Waals surface area contributed by atoms with E-state index in [1.54, 1.807) is 6.08 Å². The van der Waals surface area contributed by atoms with Crippen molar-refractivity contribution in [2.24, 2.45) is 0 Å². The first-order valence-electron chi connectivity index (χ1n) is 33.8. The van der Waals surface area contributed by atoms with Crippen LogP contribution in [0.5, 0.6) is 0 Å². The molecule has 0 saturated heterocycles. The fourth-order valence-electron chi connectivity index (χ4n) is 10.5. The number of hydrogen-bond acceptors (Lipinski definition) is 5. The van der Waals surface area contributed by atoms with Gasteiger partial charge in [0.15, 0.2) is 0 Å². The summed E-state index contributed by atoms with van der Waals surface area (Å²) in [5.41, 5.74) is 0. The Labute approximate surface area is 468 Å². The Morgan fingerprint density at radius 1 is 0.373 bits per heavy atom. The first kappa shape index (κ1) is 73.1. The Morgan fingerprint density at radius 2 is 0.680 bits per heavy atom. The second-order valence-corrected chi connectivity index (χ2v) is 23.2. The van der Waals surface area contributed by atoms with Crippen molar-refractivity contribution in [1.82, 2.24) is 5.32 Å². The standard InChI is InChI=1S/C69H131NO5/c1-3-5-7-9-11-13-15-17-19-20-21-22-23-24-25-26-28-31-34-37-41-45-49-53-57-61-67(72)66(65-71)70-68(73)62-58-54-50-46-42-38-35-32-29-27-30-33-36-40-44-48-52-56-60-64-75-69(74)63-59-55-51-47-43-39-18-16-14-12-10-8-6-4-2/h10,12,16,18,57,61,66-67,71-72H,3-9,11,13-15,17,19-56,58-60,62-65H2,1-2H3,(H,70,73)/b12-10-,18-16-,61-57+. The molecule has 75 heavy (non-hydrogen) atoms. The topological polar surface area (TPSA) is 95.9 Å². The van der Waals surface area contributed by atoms with Crippen molar-refractivity contribution < 1.29 is 24.5 Å². The van der Waals surface area contributed by atoms with Gasteiger partial charge < -0.3 is 20.3 Å². The van der Waals surface area contributed by atoms with Crippen LogP contribution in [0.15, 0.2) is 36.5 Å². The summed E-state index contributed by atoms with van der Waals surface area (Å²) in [5, 5.41) is 23.3. The largest absolute Gasteiger partial charge is 0.466 e. The van der Waals surface area contributed by atoms with Crippen molar-refractivity contribution in [3.05, 3.63) is 36.5 Å². The van der Waals surface area contributed by atoms with Gasteiger partial charge in [0.05, 0.1) is 25.4 Å². The van der Waals surface area contributed by atoms with Crippen molar-refractivity contribution in [2.45, 2.75) is 379 Å². The molecule has 0 heterocycles. The van der Waals surface area contributed by atoms with E-state index in [0.29, 0.717) is 19.4 Å². The molecule has 0 fully saturated rings. The van der Waals surface area contributed by atoms with Crippen LogP contribution in [0.3, 0.4) is 0 Å². The summed E-state index contributed by atoms with van der Waals surface area (Å²) in [6, 6.07) is -0.632. The summed E-state index contributed by atoms with van der Waals surface area (Å²) in [5.74, 6) is -0.0733. The van der Waals surface area contributed by atoms with Gasteiger partial charge in [-0.1, -0.05) is 333 Å². The molecule has 0 spiro atoms. The van der Waals surface area contributed by atoms with E-state index in [1.807, 2.05) is 6.08 Å². The zero-order valence-corrected chi connectivity index (χ0v) is 50.5. The molecule has 6 heteroatoms. The Bertz CT molecular complexity index is 1210. The number of carbonyl (C=O) groups is 2. The molecule has 0 aliphatic rings. The first-order chi connectivity index (χ1) is 37.0. The molecule has 6 nitrogen and oxygen atoms in total. The lowest BCUT2D eigenvalue weighted by Crippen LogP contribution is -2.45. The monoisotopic (exact) mass is 1050 g/mol. The molecule has 0 aromatic rings. The van der Waals surface area contributed by atoms with E-state index in [4.69, 9.17) is 4.74 Å². The normalized spacial score (nSPS) is 12.7. The molecule has 0 aliphatic carbocycles. The second kappa shape index (κ2) is 64.6. The number of allylic oxidation sites excluding steroid dienone is 5. The molecule has 0 aliphatic heterocycles. The Morgan fingerprint density at radius 3 is 1.05 bits per heavy atom. The maximum absolute atomic E-state index is 12.5. The number of nitrogens with one attached hydrogen (secondary N) is 1. The number of carbonyl (C=O) groups excluding carboxylic acids is 2. The van der Waals surface area contributed by atoms with Gasteiger partial charge in [-0.25, -0.2) is 0 Å². The van der Waals surface area contributed by atoms with Crippen LogP contribution < -0.4 is 5.32 Å². The van der Waals surface area contributed by atoms with Crippen LogP contribution in [-0.4, -0.2) is 47.4 Å². The highest BCUT2D eigenvalue weighted by Gasteiger charge is 2.18. The predicted molar refractivity (Wildman–Crippen MR) is 329 cm³/mol. The van der Waals surface area contributed by atoms with Gasteiger partial charge in [-0.05, 0) is 57.8 Å². The van der Waals surface area contributed by atoms with E-state index in [2.05, 4.69) is 43.5 Å². The first-order valence-corrected chi connectivity index (χ1v) is 33.8. The van der Waals surface area contributed by atoms with Gasteiger partial charge in [0.2, 0.25) is 5.91 Å². The van der Waals surface area contributed by atoms with Crippen LogP contribution >= 0.6 is 0 Å². The third kappa shape index (κ3) is 61.2. The summed E-state index contributed by atoms with van der Waals surface area (Å²) in [6.07, 6.45) is 82.0. The molecule has 3 N–H and O–H groups in total. The molecule has 2 atom stereocenters. The van der Waals surface area contributed by atoms with Crippen LogP contribution in [0.2, 0.25) is 0 Å². The van der Waals surface area contributed by atoms with E-state index in [9.17, 15) is 19.8 Å². The van der Waals surface area contributed by atoms with Crippen LogP contribution in [0, 0.1) is 0 Å². The molecule has 1 amide bonds. The maximum atomic E-state index is 12.5. The van der Waals surface area contributed by atoms with Crippen molar-refractivity contribution in [3.63, 3.8) is 0 Å². The number of amides is 1. The minimum absolute atomic E-state index is 0.00578. The van der Waals surface area contributed by atoms with Crippen molar-refractivity contribution in [1.29, 1.82) is 0 Å². The third-order valence-electron chi connectivity index (χ3n) is 15.7. The number of aliphatic hydroxyl groups excluding tert-OH is 2. The van der Waals surface area contributed by atoms with Crippen LogP contribution in [-0.2, 0) is 14.3 Å². The Kier molecular flexibility index (Phi) is 63.0.